The van der Waals surface area contributed by atoms with E-state index in [1.165, 1.54) is 49.8 Å². The topological polar surface area (TPSA) is 28.2 Å². The summed E-state index contributed by atoms with van der Waals surface area (Å²) in [6.07, 6.45) is 7.39. The molecule has 2 aromatic rings. The smallest absolute Gasteiger partial charge is 0.0722 e. The molecule has 1 saturated carbocycles. The van der Waals surface area contributed by atoms with E-state index >= 15 is 0 Å². The van der Waals surface area contributed by atoms with E-state index < -0.39 is 0 Å². The third kappa shape index (κ3) is 2.88. The first-order chi connectivity index (χ1) is 10.4. The second kappa shape index (κ2) is 5.64. The summed E-state index contributed by atoms with van der Waals surface area (Å²) < 4.78 is 0. The number of hydrogen-bond donors (Lipinski definition) is 1. The van der Waals surface area contributed by atoms with Crippen LogP contribution in [0.5, 0.6) is 0 Å². The number of rotatable bonds is 5. The van der Waals surface area contributed by atoms with Gasteiger partial charge in [0.25, 0.3) is 0 Å². The molecule has 3 nitrogen and oxygen atoms in total. The summed E-state index contributed by atoms with van der Waals surface area (Å²) in [4.78, 5) is 7.11. The number of pyridine rings is 1. The van der Waals surface area contributed by atoms with E-state index in [1.54, 1.807) is 0 Å². The van der Waals surface area contributed by atoms with Gasteiger partial charge in [0.1, 0.15) is 0 Å². The lowest BCUT2D eigenvalue weighted by Gasteiger charge is -2.29. The maximum Gasteiger partial charge on any atom is 0.0722 e. The Morgan fingerprint density at radius 2 is 2.00 bits per heavy atom. The molecule has 4 rings (SSSR count). The molecule has 21 heavy (non-hydrogen) atoms. The maximum atomic E-state index is 4.51. The van der Waals surface area contributed by atoms with Gasteiger partial charge in [-0.2, -0.15) is 0 Å². The minimum atomic E-state index is 0.649. The van der Waals surface area contributed by atoms with Crippen molar-refractivity contribution in [2.24, 2.45) is 5.92 Å². The lowest BCUT2D eigenvalue weighted by Crippen LogP contribution is -2.38. The average Bonchev–Trinajstić information content (AvgIpc) is 3.19. The molecule has 0 bridgehead atoms. The van der Waals surface area contributed by atoms with Crippen molar-refractivity contribution < 1.29 is 0 Å². The van der Waals surface area contributed by atoms with Crippen molar-refractivity contribution in [1.82, 2.24) is 10.3 Å². The van der Waals surface area contributed by atoms with Crippen LogP contribution in [0.15, 0.2) is 36.5 Å². The van der Waals surface area contributed by atoms with E-state index in [0.717, 1.165) is 18.0 Å². The first kappa shape index (κ1) is 13.1. The van der Waals surface area contributed by atoms with Gasteiger partial charge in [0.05, 0.1) is 5.52 Å². The van der Waals surface area contributed by atoms with Gasteiger partial charge in [0, 0.05) is 36.4 Å². The highest BCUT2D eigenvalue weighted by Gasteiger charge is 2.27. The zero-order valence-electron chi connectivity index (χ0n) is 12.5. The third-order valence-corrected chi connectivity index (χ3v) is 4.75. The van der Waals surface area contributed by atoms with Crippen LogP contribution in [0.2, 0.25) is 0 Å². The van der Waals surface area contributed by atoms with Gasteiger partial charge in [-0.25, -0.2) is 0 Å². The molecule has 1 unspecified atom stereocenters. The lowest BCUT2D eigenvalue weighted by atomic mass is 10.1. The lowest BCUT2D eigenvalue weighted by molar-refractivity contribution is 0.571. The van der Waals surface area contributed by atoms with Crippen LogP contribution in [0, 0.1) is 5.92 Å². The van der Waals surface area contributed by atoms with Gasteiger partial charge in [-0.1, -0.05) is 18.2 Å². The van der Waals surface area contributed by atoms with Crippen molar-refractivity contribution in [3.05, 3.63) is 36.5 Å². The second-order valence-corrected chi connectivity index (χ2v) is 6.49. The Morgan fingerprint density at radius 1 is 1.10 bits per heavy atom. The van der Waals surface area contributed by atoms with Crippen molar-refractivity contribution in [3.63, 3.8) is 0 Å². The second-order valence-electron chi connectivity index (χ2n) is 6.49. The zero-order chi connectivity index (χ0) is 14.1. The summed E-state index contributed by atoms with van der Waals surface area (Å²) in [5.41, 5.74) is 2.47. The van der Waals surface area contributed by atoms with Gasteiger partial charge >= 0.3 is 0 Å². The van der Waals surface area contributed by atoms with Crippen LogP contribution in [0.3, 0.4) is 0 Å². The monoisotopic (exact) mass is 281 g/mol. The fraction of sp³-hybridized carbons (Fsp3) is 0.500. The van der Waals surface area contributed by atoms with Crippen molar-refractivity contribution in [2.75, 3.05) is 24.5 Å². The Kier molecular flexibility index (Phi) is 3.52. The van der Waals surface area contributed by atoms with E-state index in [1.807, 2.05) is 6.20 Å². The third-order valence-electron chi connectivity index (χ3n) is 4.75. The molecule has 0 spiro atoms. The van der Waals surface area contributed by atoms with Crippen LogP contribution >= 0.6 is 0 Å². The maximum absolute atomic E-state index is 4.51. The molecule has 1 aliphatic carbocycles. The molecule has 2 fully saturated rings. The fourth-order valence-corrected chi connectivity index (χ4v) is 3.42. The number of fused-ring (bicyclic) bond motifs is 1. The van der Waals surface area contributed by atoms with Gasteiger partial charge < -0.3 is 10.2 Å². The van der Waals surface area contributed by atoms with Gasteiger partial charge in [-0.3, -0.25) is 4.98 Å². The molecule has 0 radical (unpaired) electrons. The number of nitrogens with one attached hydrogen (secondary N) is 1. The Balaban J connectivity index is 1.66. The summed E-state index contributed by atoms with van der Waals surface area (Å²) in [5.74, 6) is 0.901. The number of anilines is 1. The Morgan fingerprint density at radius 3 is 2.81 bits per heavy atom. The normalized spacial score (nSPS) is 21.8. The van der Waals surface area contributed by atoms with Crippen molar-refractivity contribution >= 4 is 16.6 Å². The molecule has 1 aliphatic heterocycles. The summed E-state index contributed by atoms with van der Waals surface area (Å²) in [7, 11) is 0. The molecule has 3 heteroatoms. The zero-order valence-corrected chi connectivity index (χ0v) is 12.5. The van der Waals surface area contributed by atoms with E-state index in [0.29, 0.717) is 6.04 Å². The fourth-order valence-electron chi connectivity index (χ4n) is 3.42. The van der Waals surface area contributed by atoms with Crippen LogP contribution in [-0.4, -0.2) is 30.7 Å². The highest BCUT2D eigenvalue weighted by Crippen LogP contribution is 2.34. The van der Waals surface area contributed by atoms with Crippen LogP contribution in [-0.2, 0) is 0 Å². The van der Waals surface area contributed by atoms with Gasteiger partial charge in [0.15, 0.2) is 0 Å². The first-order valence-corrected chi connectivity index (χ1v) is 8.22. The summed E-state index contributed by atoms with van der Waals surface area (Å²) in [6.45, 7) is 3.51. The number of benzene rings is 1. The SMILES string of the molecule is c1ccc2c(N(CC3CC3)CC3CCCN3)ccnc2c1. The summed E-state index contributed by atoms with van der Waals surface area (Å²) in [6, 6.07) is 11.4. The highest BCUT2D eigenvalue weighted by atomic mass is 15.2. The number of nitrogens with zero attached hydrogens (tertiary/aromatic N) is 2. The molecule has 1 aromatic carbocycles. The minimum Gasteiger partial charge on any atom is -0.369 e. The number of aromatic nitrogens is 1. The molecular formula is C18H23N3. The molecule has 1 atom stereocenters. The van der Waals surface area contributed by atoms with Crippen LogP contribution in [0.25, 0.3) is 10.9 Å². The molecule has 2 aliphatic rings. The minimum absolute atomic E-state index is 0.649. The van der Waals surface area contributed by atoms with Crippen molar-refractivity contribution in [3.8, 4) is 0 Å². The molecular weight excluding hydrogens is 258 g/mol. The highest BCUT2D eigenvalue weighted by molar-refractivity contribution is 5.91. The molecule has 110 valence electrons. The van der Waals surface area contributed by atoms with Crippen LogP contribution < -0.4 is 10.2 Å². The quantitative estimate of drug-likeness (QED) is 0.912. The van der Waals surface area contributed by atoms with Gasteiger partial charge in [0.2, 0.25) is 0 Å². The molecule has 0 amide bonds. The predicted molar refractivity (Wildman–Crippen MR) is 87.7 cm³/mol. The van der Waals surface area contributed by atoms with Gasteiger partial charge in [-0.15, -0.1) is 0 Å². The largest absolute Gasteiger partial charge is 0.369 e. The predicted octanol–water partition coefficient (Wildman–Crippen LogP) is 3.20. The van der Waals surface area contributed by atoms with Crippen LogP contribution in [0.4, 0.5) is 5.69 Å². The summed E-state index contributed by atoms with van der Waals surface area (Å²) >= 11 is 0. The molecule has 1 saturated heterocycles. The first-order valence-electron chi connectivity index (χ1n) is 8.22. The van der Waals surface area contributed by atoms with Crippen molar-refractivity contribution in [2.45, 2.75) is 31.7 Å². The number of hydrogen-bond acceptors (Lipinski definition) is 3. The molecule has 1 N–H and O–H groups in total. The Hall–Kier alpha value is -1.61. The van der Waals surface area contributed by atoms with Gasteiger partial charge in [-0.05, 0) is 50.3 Å². The number of para-hydroxylation sites is 1. The standard InChI is InChI=1S/C18H23N3/c1-2-6-17-16(5-1)18(9-11-20-17)21(12-14-7-8-14)13-15-4-3-10-19-15/h1-2,5-6,9,11,14-15,19H,3-4,7-8,10,12-13H2. The molecule has 2 heterocycles. The summed E-state index contributed by atoms with van der Waals surface area (Å²) in [5, 5.41) is 4.93. The Labute approximate surface area is 126 Å². The van der Waals surface area contributed by atoms with E-state index in [-0.39, 0.29) is 0 Å². The Bertz CT molecular complexity index is 609. The van der Waals surface area contributed by atoms with Crippen LogP contribution in [0.1, 0.15) is 25.7 Å². The van der Waals surface area contributed by atoms with E-state index in [2.05, 4.69) is 45.5 Å². The molecule has 1 aromatic heterocycles. The average molecular weight is 281 g/mol. The van der Waals surface area contributed by atoms with E-state index in [4.69, 9.17) is 0 Å². The van der Waals surface area contributed by atoms with Crippen molar-refractivity contribution in [1.29, 1.82) is 0 Å². The van der Waals surface area contributed by atoms with E-state index in [9.17, 15) is 0 Å².